The largest absolute Gasteiger partial charge is 0.492 e. The third kappa shape index (κ3) is 4.51. The maximum Gasteiger partial charge on any atom is 0.268 e. The summed E-state index contributed by atoms with van der Waals surface area (Å²) < 4.78 is 9.05. The van der Waals surface area contributed by atoms with Crippen molar-refractivity contribution in [2.75, 3.05) is 6.61 Å². The Morgan fingerprint density at radius 3 is 2.66 bits per heavy atom. The first-order valence-electron chi connectivity index (χ1n) is 9.71. The lowest BCUT2D eigenvalue weighted by Crippen LogP contribution is -2.26. The second kappa shape index (κ2) is 8.53. The second-order valence-corrected chi connectivity index (χ2v) is 8.41. The average Bonchev–Trinajstić information content (AvgIpc) is 3.24. The highest BCUT2D eigenvalue weighted by Gasteiger charge is 2.17. The highest BCUT2D eigenvalue weighted by atomic mass is 32.1. The van der Waals surface area contributed by atoms with Gasteiger partial charge in [-0.1, -0.05) is 48.0 Å². The minimum absolute atomic E-state index is 0.0627. The Morgan fingerprint density at radius 1 is 1.03 bits per heavy atom. The number of nitrogens with one attached hydrogen (secondary N) is 1. The summed E-state index contributed by atoms with van der Waals surface area (Å²) in [7, 11) is 0. The van der Waals surface area contributed by atoms with E-state index in [0.29, 0.717) is 25.4 Å². The minimum Gasteiger partial charge on any atom is -0.492 e. The molecule has 0 aliphatic carbocycles. The molecule has 4 rings (SSSR count). The van der Waals surface area contributed by atoms with Crippen molar-refractivity contribution in [2.45, 2.75) is 26.9 Å². The Morgan fingerprint density at radius 2 is 1.86 bits per heavy atom. The Bertz CT molecular complexity index is 1130. The van der Waals surface area contributed by atoms with E-state index in [2.05, 4.69) is 41.9 Å². The molecule has 0 fully saturated rings. The predicted molar refractivity (Wildman–Crippen MR) is 119 cm³/mol. The smallest absolute Gasteiger partial charge is 0.268 e. The number of hydrogen-bond donors (Lipinski definition) is 1. The van der Waals surface area contributed by atoms with Crippen LogP contribution in [0.5, 0.6) is 5.75 Å². The van der Waals surface area contributed by atoms with E-state index in [-0.39, 0.29) is 5.91 Å². The van der Waals surface area contributed by atoms with Crippen molar-refractivity contribution in [3.63, 3.8) is 0 Å². The van der Waals surface area contributed by atoms with E-state index in [1.165, 1.54) is 10.4 Å². The first-order valence-corrected chi connectivity index (χ1v) is 10.5. The van der Waals surface area contributed by atoms with Gasteiger partial charge in [0.15, 0.2) is 0 Å². The minimum atomic E-state index is -0.0627. The molecule has 1 amide bonds. The van der Waals surface area contributed by atoms with Gasteiger partial charge in [-0.15, -0.1) is 11.3 Å². The van der Waals surface area contributed by atoms with Gasteiger partial charge >= 0.3 is 0 Å². The third-order valence-corrected chi connectivity index (χ3v) is 5.79. The van der Waals surface area contributed by atoms with Crippen molar-refractivity contribution in [3.8, 4) is 5.75 Å². The summed E-state index contributed by atoms with van der Waals surface area (Å²) in [6, 6.07) is 22.1. The lowest BCUT2D eigenvalue weighted by atomic mass is 10.1. The molecule has 2 heterocycles. The number of amides is 1. The Balaban J connectivity index is 1.51. The van der Waals surface area contributed by atoms with Crippen LogP contribution >= 0.6 is 11.3 Å². The predicted octanol–water partition coefficient (Wildman–Crippen LogP) is 5.33. The van der Waals surface area contributed by atoms with Crippen molar-refractivity contribution in [1.82, 2.24) is 9.88 Å². The fourth-order valence-corrected chi connectivity index (χ4v) is 4.42. The molecule has 5 heteroatoms. The van der Waals surface area contributed by atoms with Gasteiger partial charge in [0.1, 0.15) is 18.1 Å². The maximum absolute atomic E-state index is 12.9. The number of hydrogen-bond acceptors (Lipinski definition) is 3. The standard InChI is InChI=1S/C24H24N2O2S/c1-17-7-6-8-19(13-17)16-25-24(27)22-15-23-21(14-18(2)29-23)26(22)11-12-28-20-9-4-3-5-10-20/h3-10,13-15H,11-12,16H2,1-2H3,(H,25,27). The molecular formula is C24H24N2O2S. The zero-order valence-electron chi connectivity index (χ0n) is 16.6. The van der Waals surface area contributed by atoms with Gasteiger partial charge in [0.2, 0.25) is 0 Å². The fourth-order valence-electron chi connectivity index (χ4n) is 3.46. The van der Waals surface area contributed by atoms with Gasteiger partial charge in [-0.05, 0) is 43.7 Å². The van der Waals surface area contributed by atoms with Crippen molar-refractivity contribution < 1.29 is 9.53 Å². The summed E-state index contributed by atoms with van der Waals surface area (Å²) in [4.78, 5) is 14.2. The molecule has 0 saturated carbocycles. The number of para-hydroxylation sites is 1. The van der Waals surface area contributed by atoms with Gasteiger partial charge in [0.05, 0.1) is 16.8 Å². The molecule has 0 spiro atoms. The number of rotatable bonds is 7. The number of benzene rings is 2. The Labute approximate surface area is 174 Å². The van der Waals surface area contributed by atoms with Gasteiger partial charge in [0, 0.05) is 11.4 Å². The van der Waals surface area contributed by atoms with Crippen LogP contribution in [0.1, 0.15) is 26.5 Å². The summed E-state index contributed by atoms with van der Waals surface area (Å²) in [5.74, 6) is 0.773. The number of fused-ring (bicyclic) bond motifs is 1. The van der Waals surface area contributed by atoms with Crippen molar-refractivity contribution in [1.29, 1.82) is 0 Å². The SMILES string of the molecule is Cc1cccc(CNC(=O)c2cc3sc(C)cc3n2CCOc2ccccc2)c1. The number of aryl methyl sites for hydroxylation is 2. The number of thiophene rings is 1. The van der Waals surface area contributed by atoms with Gasteiger partial charge in [0.25, 0.3) is 5.91 Å². The molecule has 29 heavy (non-hydrogen) atoms. The van der Waals surface area contributed by atoms with Crippen molar-refractivity contribution >= 4 is 27.5 Å². The monoisotopic (exact) mass is 404 g/mol. The fraction of sp³-hybridized carbons (Fsp3) is 0.208. The highest BCUT2D eigenvalue weighted by molar-refractivity contribution is 7.19. The van der Waals surface area contributed by atoms with E-state index in [4.69, 9.17) is 4.74 Å². The van der Waals surface area contributed by atoms with Crippen LogP contribution in [0.2, 0.25) is 0 Å². The molecule has 2 aromatic carbocycles. The van der Waals surface area contributed by atoms with Crippen molar-refractivity contribution in [3.05, 3.63) is 88.4 Å². The van der Waals surface area contributed by atoms with Crippen LogP contribution in [0.4, 0.5) is 0 Å². The third-order valence-electron chi connectivity index (χ3n) is 4.81. The van der Waals surface area contributed by atoms with Gasteiger partial charge in [-0.2, -0.15) is 0 Å². The van der Waals surface area contributed by atoms with Crippen LogP contribution in [0.3, 0.4) is 0 Å². The van der Waals surface area contributed by atoms with Gasteiger partial charge in [-0.3, -0.25) is 4.79 Å². The second-order valence-electron chi connectivity index (χ2n) is 7.12. The summed E-state index contributed by atoms with van der Waals surface area (Å²) in [6.07, 6.45) is 0. The molecule has 0 unspecified atom stereocenters. The molecule has 0 aliphatic rings. The molecule has 2 aromatic heterocycles. The quantitative estimate of drug-likeness (QED) is 0.452. The van der Waals surface area contributed by atoms with Crippen LogP contribution in [0.15, 0.2) is 66.7 Å². The Kier molecular flexibility index (Phi) is 5.67. The summed E-state index contributed by atoms with van der Waals surface area (Å²) >= 11 is 1.71. The van der Waals surface area contributed by atoms with E-state index in [1.807, 2.05) is 48.5 Å². The van der Waals surface area contributed by atoms with Crippen molar-refractivity contribution in [2.24, 2.45) is 0 Å². The first kappa shape index (κ1) is 19.3. The van der Waals surface area contributed by atoms with Crippen LogP contribution in [-0.4, -0.2) is 17.1 Å². The van der Waals surface area contributed by atoms with E-state index >= 15 is 0 Å². The molecule has 1 N–H and O–H groups in total. The van der Waals surface area contributed by atoms with Gasteiger partial charge in [-0.25, -0.2) is 0 Å². The Hall–Kier alpha value is -3.05. The lowest BCUT2D eigenvalue weighted by molar-refractivity contribution is 0.0941. The van der Waals surface area contributed by atoms with Crippen LogP contribution in [0.25, 0.3) is 10.2 Å². The number of carbonyl (C=O) groups is 1. The summed E-state index contributed by atoms with van der Waals surface area (Å²) in [5.41, 5.74) is 4.05. The number of ether oxygens (including phenoxy) is 1. The highest BCUT2D eigenvalue weighted by Crippen LogP contribution is 2.29. The maximum atomic E-state index is 12.9. The number of carbonyl (C=O) groups excluding carboxylic acids is 1. The zero-order valence-corrected chi connectivity index (χ0v) is 17.5. The van der Waals surface area contributed by atoms with E-state index < -0.39 is 0 Å². The molecule has 0 bridgehead atoms. The van der Waals surface area contributed by atoms with E-state index in [9.17, 15) is 4.79 Å². The number of aromatic nitrogens is 1. The van der Waals surface area contributed by atoms with Crippen LogP contribution in [-0.2, 0) is 13.1 Å². The molecule has 0 atom stereocenters. The molecular weight excluding hydrogens is 380 g/mol. The van der Waals surface area contributed by atoms with Crippen LogP contribution < -0.4 is 10.1 Å². The zero-order chi connectivity index (χ0) is 20.2. The van der Waals surface area contributed by atoms with Crippen LogP contribution in [0, 0.1) is 13.8 Å². The van der Waals surface area contributed by atoms with Gasteiger partial charge < -0.3 is 14.6 Å². The molecule has 4 nitrogen and oxygen atoms in total. The summed E-state index contributed by atoms with van der Waals surface area (Å²) in [5, 5.41) is 3.06. The molecule has 4 aromatic rings. The average molecular weight is 405 g/mol. The topological polar surface area (TPSA) is 43.3 Å². The molecule has 148 valence electrons. The molecule has 0 radical (unpaired) electrons. The normalized spacial score (nSPS) is 11.0. The van der Waals surface area contributed by atoms with E-state index in [0.717, 1.165) is 21.5 Å². The lowest BCUT2D eigenvalue weighted by Gasteiger charge is -2.12. The molecule has 0 aliphatic heterocycles. The molecule has 0 saturated heterocycles. The van der Waals surface area contributed by atoms with E-state index in [1.54, 1.807) is 11.3 Å². The summed E-state index contributed by atoms with van der Waals surface area (Å²) in [6.45, 7) is 5.77. The number of nitrogens with zero attached hydrogens (tertiary/aromatic N) is 1. The first-order chi connectivity index (χ1) is 14.1.